The summed E-state index contributed by atoms with van der Waals surface area (Å²) in [5.41, 5.74) is -0.0411. The predicted octanol–water partition coefficient (Wildman–Crippen LogP) is 3.04. The minimum atomic E-state index is -1.20. The molecule has 0 amide bonds. The third-order valence-corrected chi connectivity index (χ3v) is 3.49. The van der Waals surface area contributed by atoms with E-state index in [1.807, 2.05) is 18.4 Å². The minimum absolute atomic E-state index is 0.144. The SMILES string of the molecule is CCCC(C)(O)C(=O)c1cc(CC)cs1. The number of aliphatic hydroxyl groups is 1. The second-order valence-electron chi connectivity index (χ2n) is 4.03. The van der Waals surface area contributed by atoms with Gasteiger partial charge in [-0.1, -0.05) is 20.3 Å². The fraction of sp³-hybridized carbons (Fsp3) is 0.583. The van der Waals surface area contributed by atoms with Crippen LogP contribution in [0.4, 0.5) is 0 Å². The fourth-order valence-electron chi connectivity index (χ4n) is 1.55. The van der Waals surface area contributed by atoms with Crippen molar-refractivity contribution in [1.29, 1.82) is 0 Å². The van der Waals surface area contributed by atoms with Crippen molar-refractivity contribution in [2.75, 3.05) is 0 Å². The van der Waals surface area contributed by atoms with Gasteiger partial charge in [-0.3, -0.25) is 4.79 Å². The Hall–Kier alpha value is -0.670. The predicted molar refractivity (Wildman–Crippen MR) is 63.6 cm³/mol. The van der Waals surface area contributed by atoms with E-state index in [1.165, 1.54) is 11.3 Å². The maximum absolute atomic E-state index is 11.9. The van der Waals surface area contributed by atoms with Crippen LogP contribution in [0.1, 0.15) is 48.8 Å². The van der Waals surface area contributed by atoms with E-state index in [0.29, 0.717) is 11.3 Å². The summed E-state index contributed by atoms with van der Waals surface area (Å²) in [5, 5.41) is 12.0. The Morgan fingerprint density at radius 1 is 1.53 bits per heavy atom. The highest BCUT2D eigenvalue weighted by Crippen LogP contribution is 2.23. The van der Waals surface area contributed by atoms with E-state index >= 15 is 0 Å². The van der Waals surface area contributed by atoms with Crippen LogP contribution >= 0.6 is 11.3 Å². The molecule has 1 atom stereocenters. The lowest BCUT2D eigenvalue weighted by atomic mass is 9.94. The molecule has 1 N–H and O–H groups in total. The second-order valence-corrected chi connectivity index (χ2v) is 4.94. The van der Waals surface area contributed by atoms with Gasteiger partial charge in [0.2, 0.25) is 5.78 Å². The summed E-state index contributed by atoms with van der Waals surface area (Å²) in [5.74, 6) is -0.144. The standard InChI is InChI=1S/C12H18O2S/c1-4-6-12(3,14)11(13)10-7-9(5-2)8-15-10/h7-8,14H,4-6H2,1-3H3. The molecule has 2 nitrogen and oxygen atoms in total. The molecule has 0 aromatic carbocycles. The molecular formula is C12H18O2S. The summed E-state index contributed by atoms with van der Waals surface area (Å²) in [6, 6.07) is 1.89. The Bertz CT molecular complexity index is 339. The number of carbonyl (C=O) groups excluding carboxylic acids is 1. The number of Topliss-reactive ketones (excluding diaryl/α,β-unsaturated/α-hetero) is 1. The van der Waals surface area contributed by atoms with E-state index in [4.69, 9.17) is 0 Å². The van der Waals surface area contributed by atoms with Gasteiger partial charge in [-0.15, -0.1) is 11.3 Å². The average molecular weight is 226 g/mol. The molecule has 0 aliphatic rings. The lowest BCUT2D eigenvalue weighted by Gasteiger charge is -2.19. The van der Waals surface area contributed by atoms with E-state index in [-0.39, 0.29) is 5.78 Å². The van der Waals surface area contributed by atoms with E-state index in [0.717, 1.165) is 18.4 Å². The summed E-state index contributed by atoms with van der Waals surface area (Å²) >= 11 is 1.43. The van der Waals surface area contributed by atoms with Gasteiger partial charge in [0.25, 0.3) is 0 Å². The minimum Gasteiger partial charge on any atom is -0.382 e. The van der Waals surface area contributed by atoms with E-state index in [1.54, 1.807) is 6.92 Å². The van der Waals surface area contributed by atoms with Gasteiger partial charge in [0.1, 0.15) is 5.60 Å². The summed E-state index contributed by atoms with van der Waals surface area (Å²) in [6.07, 6.45) is 2.26. The molecular weight excluding hydrogens is 208 g/mol. The zero-order valence-electron chi connectivity index (χ0n) is 9.54. The highest BCUT2D eigenvalue weighted by Gasteiger charge is 2.30. The second kappa shape index (κ2) is 4.90. The summed E-state index contributed by atoms with van der Waals surface area (Å²) in [4.78, 5) is 12.6. The molecule has 1 aromatic heterocycles. The van der Waals surface area contributed by atoms with Crippen molar-refractivity contribution >= 4 is 17.1 Å². The summed E-state index contributed by atoms with van der Waals surface area (Å²) in [7, 11) is 0. The molecule has 0 fully saturated rings. The molecule has 1 heterocycles. The average Bonchev–Trinajstić information content (AvgIpc) is 2.64. The number of thiophene rings is 1. The number of hydrogen-bond donors (Lipinski definition) is 1. The molecule has 0 spiro atoms. The topological polar surface area (TPSA) is 37.3 Å². The van der Waals surface area contributed by atoms with Crippen molar-refractivity contribution < 1.29 is 9.90 Å². The Kier molecular flexibility index (Phi) is 4.05. The van der Waals surface area contributed by atoms with Crippen molar-refractivity contribution in [3.63, 3.8) is 0 Å². The Morgan fingerprint density at radius 2 is 2.20 bits per heavy atom. The van der Waals surface area contributed by atoms with Crippen LogP contribution in [0.3, 0.4) is 0 Å². The van der Waals surface area contributed by atoms with Crippen LogP contribution in [0.2, 0.25) is 0 Å². The molecule has 0 radical (unpaired) electrons. The smallest absolute Gasteiger partial charge is 0.203 e. The zero-order chi connectivity index (χ0) is 11.5. The Labute approximate surface area is 94.9 Å². The maximum atomic E-state index is 11.9. The van der Waals surface area contributed by atoms with Crippen LogP contribution < -0.4 is 0 Å². The molecule has 3 heteroatoms. The van der Waals surface area contributed by atoms with Gasteiger partial charge in [0, 0.05) is 0 Å². The number of ketones is 1. The lowest BCUT2D eigenvalue weighted by molar-refractivity contribution is 0.0368. The van der Waals surface area contributed by atoms with Gasteiger partial charge >= 0.3 is 0 Å². The largest absolute Gasteiger partial charge is 0.382 e. The highest BCUT2D eigenvalue weighted by molar-refractivity contribution is 7.12. The Morgan fingerprint density at radius 3 is 2.67 bits per heavy atom. The van der Waals surface area contributed by atoms with Gasteiger partial charge in [-0.05, 0) is 36.8 Å². The maximum Gasteiger partial charge on any atom is 0.203 e. The molecule has 0 aliphatic heterocycles. The first-order valence-electron chi connectivity index (χ1n) is 5.35. The van der Waals surface area contributed by atoms with Crippen molar-refractivity contribution in [2.45, 2.75) is 45.6 Å². The third kappa shape index (κ3) is 2.89. The summed E-state index contributed by atoms with van der Waals surface area (Å²) < 4.78 is 0. The Balaban J connectivity index is 2.84. The van der Waals surface area contributed by atoms with E-state index in [9.17, 15) is 9.90 Å². The molecule has 0 bridgehead atoms. The number of aryl methyl sites for hydroxylation is 1. The van der Waals surface area contributed by atoms with Crippen LogP contribution in [0.5, 0.6) is 0 Å². The summed E-state index contributed by atoms with van der Waals surface area (Å²) in [6.45, 7) is 5.62. The number of carbonyl (C=O) groups is 1. The zero-order valence-corrected chi connectivity index (χ0v) is 10.4. The molecule has 1 aromatic rings. The lowest BCUT2D eigenvalue weighted by Crippen LogP contribution is -2.34. The first kappa shape index (κ1) is 12.4. The quantitative estimate of drug-likeness (QED) is 0.783. The highest BCUT2D eigenvalue weighted by atomic mass is 32.1. The first-order valence-corrected chi connectivity index (χ1v) is 6.23. The molecule has 0 saturated carbocycles. The van der Waals surface area contributed by atoms with Crippen molar-refractivity contribution in [3.8, 4) is 0 Å². The number of hydrogen-bond acceptors (Lipinski definition) is 3. The van der Waals surface area contributed by atoms with Crippen molar-refractivity contribution in [3.05, 3.63) is 21.9 Å². The molecule has 0 saturated heterocycles. The number of rotatable bonds is 5. The molecule has 1 rings (SSSR count). The van der Waals surface area contributed by atoms with Gasteiger partial charge in [0.15, 0.2) is 0 Å². The molecule has 15 heavy (non-hydrogen) atoms. The van der Waals surface area contributed by atoms with Crippen LogP contribution in [0.15, 0.2) is 11.4 Å². The van der Waals surface area contributed by atoms with Gasteiger partial charge in [-0.25, -0.2) is 0 Å². The first-order chi connectivity index (χ1) is 7.01. The van der Waals surface area contributed by atoms with Crippen LogP contribution in [0.25, 0.3) is 0 Å². The van der Waals surface area contributed by atoms with Crippen LogP contribution in [-0.2, 0) is 6.42 Å². The van der Waals surface area contributed by atoms with Gasteiger partial charge < -0.3 is 5.11 Å². The molecule has 0 aliphatic carbocycles. The molecule has 1 unspecified atom stereocenters. The van der Waals surface area contributed by atoms with Crippen LogP contribution in [-0.4, -0.2) is 16.5 Å². The normalized spacial score (nSPS) is 14.9. The van der Waals surface area contributed by atoms with E-state index < -0.39 is 5.60 Å². The van der Waals surface area contributed by atoms with Gasteiger partial charge in [-0.2, -0.15) is 0 Å². The third-order valence-electron chi connectivity index (χ3n) is 2.51. The monoisotopic (exact) mass is 226 g/mol. The molecule has 84 valence electrons. The van der Waals surface area contributed by atoms with Crippen molar-refractivity contribution in [2.24, 2.45) is 0 Å². The van der Waals surface area contributed by atoms with Gasteiger partial charge in [0.05, 0.1) is 4.88 Å². The van der Waals surface area contributed by atoms with E-state index in [2.05, 4.69) is 6.92 Å². The van der Waals surface area contributed by atoms with Crippen molar-refractivity contribution in [1.82, 2.24) is 0 Å². The van der Waals surface area contributed by atoms with Crippen LogP contribution in [0, 0.1) is 0 Å². The fourth-order valence-corrected chi connectivity index (χ4v) is 2.61.